The van der Waals surface area contributed by atoms with Gasteiger partial charge in [0.25, 0.3) is 5.91 Å². The number of nitrogens with one attached hydrogen (secondary N) is 2. The Morgan fingerprint density at radius 3 is 2.38 bits per heavy atom. The average Bonchev–Trinajstić information content (AvgIpc) is 2.63. The van der Waals surface area contributed by atoms with E-state index in [4.69, 9.17) is 4.74 Å². The molecule has 5 nitrogen and oxygen atoms in total. The van der Waals surface area contributed by atoms with Crippen molar-refractivity contribution in [2.75, 3.05) is 19.0 Å². The highest BCUT2D eigenvalue weighted by Gasteiger charge is 2.23. The quantitative estimate of drug-likeness (QED) is 0.715. The van der Waals surface area contributed by atoms with Crippen LogP contribution in [0.3, 0.4) is 0 Å². The number of ketones is 1. The SMILES string of the molecule is CCOc1ccc(C[NH+](C)[C@@H](C)C(=O)Nc2ccccc2C(C)=O)cc1. The van der Waals surface area contributed by atoms with E-state index in [1.807, 2.05) is 51.2 Å². The van der Waals surface area contributed by atoms with Gasteiger partial charge in [-0.25, -0.2) is 0 Å². The van der Waals surface area contributed by atoms with Crippen molar-refractivity contribution in [3.8, 4) is 5.75 Å². The van der Waals surface area contributed by atoms with E-state index in [1.165, 1.54) is 6.92 Å². The van der Waals surface area contributed by atoms with Gasteiger partial charge in [-0.2, -0.15) is 0 Å². The maximum atomic E-state index is 12.6. The molecule has 2 atom stereocenters. The lowest BCUT2D eigenvalue weighted by atomic mass is 10.1. The number of Topliss-reactive ketones (excluding diaryl/α,β-unsaturated/α-hetero) is 1. The van der Waals surface area contributed by atoms with Crippen LogP contribution in [0.1, 0.15) is 36.7 Å². The minimum Gasteiger partial charge on any atom is -0.494 e. The molecule has 0 aromatic heterocycles. The molecular formula is C21H27N2O3+. The number of likely N-dealkylation sites (N-methyl/N-ethyl adjacent to an activating group) is 1. The molecule has 0 aliphatic carbocycles. The van der Waals surface area contributed by atoms with E-state index in [-0.39, 0.29) is 17.7 Å². The highest BCUT2D eigenvalue weighted by Crippen LogP contribution is 2.15. The van der Waals surface area contributed by atoms with Crippen molar-refractivity contribution in [1.29, 1.82) is 0 Å². The van der Waals surface area contributed by atoms with E-state index in [0.717, 1.165) is 22.8 Å². The van der Waals surface area contributed by atoms with Crippen molar-refractivity contribution < 1.29 is 19.2 Å². The van der Waals surface area contributed by atoms with Crippen LogP contribution in [0.25, 0.3) is 0 Å². The number of ether oxygens (including phenoxy) is 1. The topological polar surface area (TPSA) is 59.8 Å². The fraction of sp³-hybridized carbons (Fsp3) is 0.333. The first kappa shape index (κ1) is 19.7. The van der Waals surface area contributed by atoms with Gasteiger partial charge in [-0.05, 0) is 57.2 Å². The molecule has 1 amide bonds. The van der Waals surface area contributed by atoms with E-state index >= 15 is 0 Å². The number of benzene rings is 2. The molecule has 0 heterocycles. The third-order valence-electron chi connectivity index (χ3n) is 4.41. The molecular weight excluding hydrogens is 328 g/mol. The Balaban J connectivity index is 2.00. The first-order valence-corrected chi connectivity index (χ1v) is 8.87. The summed E-state index contributed by atoms with van der Waals surface area (Å²) in [5.74, 6) is 0.673. The number of quaternary nitrogens is 1. The Labute approximate surface area is 155 Å². The molecule has 0 fully saturated rings. The van der Waals surface area contributed by atoms with E-state index in [2.05, 4.69) is 5.32 Å². The van der Waals surface area contributed by atoms with Crippen LogP contribution in [0.15, 0.2) is 48.5 Å². The summed E-state index contributed by atoms with van der Waals surface area (Å²) in [5.41, 5.74) is 2.22. The average molecular weight is 355 g/mol. The van der Waals surface area contributed by atoms with Crippen LogP contribution in [0.2, 0.25) is 0 Å². The van der Waals surface area contributed by atoms with E-state index < -0.39 is 0 Å². The van der Waals surface area contributed by atoms with Crippen LogP contribution >= 0.6 is 0 Å². The predicted molar refractivity (Wildman–Crippen MR) is 103 cm³/mol. The van der Waals surface area contributed by atoms with Crippen molar-refractivity contribution in [2.24, 2.45) is 0 Å². The van der Waals surface area contributed by atoms with Gasteiger partial charge in [0.05, 0.1) is 19.3 Å². The Morgan fingerprint density at radius 1 is 1.12 bits per heavy atom. The molecule has 2 aromatic carbocycles. The maximum Gasteiger partial charge on any atom is 0.282 e. The van der Waals surface area contributed by atoms with E-state index in [1.54, 1.807) is 18.2 Å². The van der Waals surface area contributed by atoms with Gasteiger partial charge in [0, 0.05) is 11.1 Å². The lowest BCUT2D eigenvalue weighted by Crippen LogP contribution is -3.12. The zero-order valence-corrected chi connectivity index (χ0v) is 15.8. The first-order chi connectivity index (χ1) is 12.4. The van der Waals surface area contributed by atoms with Gasteiger partial charge in [-0.3, -0.25) is 9.59 Å². The number of rotatable bonds is 8. The zero-order valence-electron chi connectivity index (χ0n) is 15.8. The van der Waals surface area contributed by atoms with Crippen LogP contribution in [-0.2, 0) is 11.3 Å². The summed E-state index contributed by atoms with van der Waals surface area (Å²) < 4.78 is 5.45. The Kier molecular flexibility index (Phi) is 6.92. The molecule has 2 N–H and O–H groups in total. The lowest BCUT2D eigenvalue weighted by molar-refractivity contribution is -0.907. The highest BCUT2D eigenvalue weighted by atomic mass is 16.5. The number of hydrogen-bond acceptors (Lipinski definition) is 3. The summed E-state index contributed by atoms with van der Waals surface area (Å²) in [5, 5.41) is 2.88. The summed E-state index contributed by atoms with van der Waals surface area (Å²) in [6.45, 7) is 6.70. The van der Waals surface area contributed by atoms with Gasteiger partial charge >= 0.3 is 0 Å². The summed E-state index contributed by atoms with van der Waals surface area (Å²) in [7, 11) is 1.98. The second-order valence-corrected chi connectivity index (χ2v) is 6.41. The van der Waals surface area contributed by atoms with Crippen LogP contribution in [0, 0.1) is 0 Å². The fourth-order valence-corrected chi connectivity index (χ4v) is 2.71. The van der Waals surface area contributed by atoms with Crippen molar-refractivity contribution in [2.45, 2.75) is 33.4 Å². The predicted octanol–water partition coefficient (Wildman–Crippen LogP) is 2.33. The van der Waals surface area contributed by atoms with Gasteiger partial charge in [0.1, 0.15) is 12.3 Å². The number of carbonyl (C=O) groups excluding carboxylic acids is 2. The molecule has 0 spiro atoms. The molecule has 0 saturated carbocycles. The Bertz CT molecular complexity index is 756. The third kappa shape index (κ3) is 5.17. The number of carbonyl (C=O) groups is 2. The number of amides is 1. The molecule has 138 valence electrons. The molecule has 26 heavy (non-hydrogen) atoms. The molecule has 0 saturated heterocycles. The van der Waals surface area contributed by atoms with Crippen molar-refractivity contribution in [3.05, 3.63) is 59.7 Å². The number of para-hydroxylation sites is 1. The van der Waals surface area contributed by atoms with Crippen LogP contribution in [0.4, 0.5) is 5.69 Å². The van der Waals surface area contributed by atoms with E-state index in [9.17, 15) is 9.59 Å². The van der Waals surface area contributed by atoms with Gasteiger partial charge < -0.3 is 15.0 Å². The molecule has 0 radical (unpaired) electrons. The highest BCUT2D eigenvalue weighted by molar-refractivity contribution is 6.04. The minimum absolute atomic E-state index is 0.0661. The van der Waals surface area contributed by atoms with Gasteiger partial charge in [-0.1, -0.05) is 12.1 Å². The minimum atomic E-state index is -0.262. The molecule has 0 bridgehead atoms. The summed E-state index contributed by atoms with van der Waals surface area (Å²) in [6.07, 6.45) is 0. The van der Waals surface area contributed by atoms with Gasteiger partial charge in [0.2, 0.25) is 0 Å². The molecule has 5 heteroatoms. The Hall–Kier alpha value is -2.66. The lowest BCUT2D eigenvalue weighted by Gasteiger charge is -2.21. The van der Waals surface area contributed by atoms with Crippen molar-refractivity contribution >= 4 is 17.4 Å². The van der Waals surface area contributed by atoms with Crippen molar-refractivity contribution in [3.63, 3.8) is 0 Å². The monoisotopic (exact) mass is 355 g/mol. The van der Waals surface area contributed by atoms with Crippen LogP contribution in [0.5, 0.6) is 5.75 Å². The summed E-state index contributed by atoms with van der Waals surface area (Å²) in [6, 6.07) is 14.7. The number of anilines is 1. The molecule has 1 unspecified atom stereocenters. The van der Waals surface area contributed by atoms with Gasteiger partial charge in [-0.15, -0.1) is 0 Å². The molecule has 2 aromatic rings. The molecule has 0 aliphatic rings. The van der Waals surface area contributed by atoms with Crippen LogP contribution in [-0.4, -0.2) is 31.4 Å². The van der Waals surface area contributed by atoms with Crippen LogP contribution < -0.4 is 15.0 Å². The number of hydrogen-bond donors (Lipinski definition) is 2. The fourth-order valence-electron chi connectivity index (χ4n) is 2.71. The standard InChI is InChI=1S/C21H26N2O3/c1-5-26-18-12-10-17(11-13-18)14-23(4)15(2)21(25)22-20-9-7-6-8-19(20)16(3)24/h6-13,15H,5,14H2,1-4H3,(H,22,25)/p+1/t15-/m0/s1. The second-order valence-electron chi connectivity index (χ2n) is 6.41. The normalized spacial score (nSPS) is 12.9. The second kappa shape index (κ2) is 9.15. The molecule has 0 aliphatic heterocycles. The van der Waals surface area contributed by atoms with E-state index in [0.29, 0.717) is 17.9 Å². The zero-order chi connectivity index (χ0) is 19.1. The smallest absolute Gasteiger partial charge is 0.282 e. The largest absolute Gasteiger partial charge is 0.494 e. The van der Waals surface area contributed by atoms with Gasteiger partial charge in [0.15, 0.2) is 11.8 Å². The first-order valence-electron chi connectivity index (χ1n) is 8.87. The summed E-state index contributed by atoms with van der Waals surface area (Å²) >= 11 is 0. The molecule has 2 rings (SSSR count). The third-order valence-corrected chi connectivity index (χ3v) is 4.41. The Morgan fingerprint density at radius 2 is 1.77 bits per heavy atom. The van der Waals surface area contributed by atoms with Crippen molar-refractivity contribution in [1.82, 2.24) is 0 Å². The summed E-state index contributed by atoms with van der Waals surface area (Å²) in [4.78, 5) is 25.4. The maximum absolute atomic E-state index is 12.6.